The van der Waals surface area contributed by atoms with E-state index in [1.165, 1.54) is 0 Å². The minimum absolute atomic E-state index is 0.0744. The Bertz CT molecular complexity index is 1170. The van der Waals surface area contributed by atoms with Gasteiger partial charge in [-0.3, -0.25) is 14.3 Å². The van der Waals surface area contributed by atoms with Gasteiger partial charge in [0.25, 0.3) is 5.91 Å². The van der Waals surface area contributed by atoms with Crippen LogP contribution in [0.15, 0.2) is 52.6 Å². The monoisotopic (exact) mass is 434 g/mol. The molecular weight excluding hydrogens is 408 g/mol. The largest absolute Gasteiger partial charge is 0.448 e. The summed E-state index contributed by atoms with van der Waals surface area (Å²) in [5, 5.41) is 5.96. The van der Waals surface area contributed by atoms with Crippen LogP contribution in [0.3, 0.4) is 0 Å². The van der Waals surface area contributed by atoms with E-state index in [4.69, 9.17) is 9.40 Å². The van der Waals surface area contributed by atoms with Gasteiger partial charge >= 0.3 is 0 Å². The van der Waals surface area contributed by atoms with Crippen LogP contribution in [0, 0.1) is 6.92 Å². The van der Waals surface area contributed by atoms with Crippen LogP contribution in [0.25, 0.3) is 27.8 Å². The number of nitrogens with one attached hydrogen (secondary N) is 1. The Morgan fingerprint density at radius 1 is 1.26 bits per heavy atom. The van der Waals surface area contributed by atoms with Crippen molar-refractivity contribution in [3.63, 3.8) is 0 Å². The molecule has 4 heterocycles. The molecule has 0 aliphatic rings. The Balaban J connectivity index is 1.75. The Hall–Kier alpha value is -3.19. The van der Waals surface area contributed by atoms with Gasteiger partial charge in [-0.25, -0.2) is 4.98 Å². The third-order valence-corrected chi connectivity index (χ3v) is 6.12. The second-order valence-corrected chi connectivity index (χ2v) is 8.21. The zero-order chi connectivity index (χ0) is 21.8. The van der Waals surface area contributed by atoms with E-state index < -0.39 is 0 Å². The number of carbonyl (C=O) groups is 1. The first-order chi connectivity index (χ1) is 15.1. The van der Waals surface area contributed by atoms with E-state index in [0.29, 0.717) is 18.0 Å². The van der Waals surface area contributed by atoms with Gasteiger partial charge in [-0.05, 0) is 44.0 Å². The second-order valence-electron chi connectivity index (χ2n) is 7.35. The summed E-state index contributed by atoms with van der Waals surface area (Å²) in [7, 11) is 0. The second kappa shape index (κ2) is 9.31. The van der Waals surface area contributed by atoms with Crippen LogP contribution >= 0.6 is 11.3 Å². The molecule has 4 rings (SSSR count). The van der Waals surface area contributed by atoms with Crippen molar-refractivity contribution in [2.75, 3.05) is 6.54 Å². The lowest BCUT2D eigenvalue weighted by molar-refractivity contribution is 0.0952. The number of furan rings is 1. The van der Waals surface area contributed by atoms with Gasteiger partial charge in [0.1, 0.15) is 5.01 Å². The molecular formula is C24H26N4O2S. The van der Waals surface area contributed by atoms with E-state index in [-0.39, 0.29) is 5.91 Å². The van der Waals surface area contributed by atoms with Crippen LogP contribution < -0.4 is 5.32 Å². The van der Waals surface area contributed by atoms with Crippen LogP contribution in [0.5, 0.6) is 0 Å². The zero-order valence-corrected chi connectivity index (χ0v) is 18.8. The molecule has 0 aliphatic heterocycles. The molecule has 0 bridgehead atoms. The summed E-state index contributed by atoms with van der Waals surface area (Å²) in [5.74, 6) is 0.585. The number of pyridine rings is 1. The SMILES string of the molecule is CCCCNC(=O)c1cc(-c2csc(-c3ccnc(CC)c3)n2)n(-c2ccco2)c1C. The Labute approximate surface area is 186 Å². The first-order valence-corrected chi connectivity index (χ1v) is 11.5. The Morgan fingerprint density at radius 3 is 2.87 bits per heavy atom. The summed E-state index contributed by atoms with van der Waals surface area (Å²) in [6, 6.07) is 9.69. The van der Waals surface area contributed by atoms with Crippen molar-refractivity contribution in [2.45, 2.75) is 40.0 Å². The van der Waals surface area contributed by atoms with Crippen molar-refractivity contribution < 1.29 is 9.21 Å². The third-order valence-electron chi connectivity index (χ3n) is 5.23. The van der Waals surface area contributed by atoms with Gasteiger partial charge in [0.15, 0.2) is 0 Å². The average Bonchev–Trinajstić information content (AvgIpc) is 3.53. The molecule has 6 nitrogen and oxygen atoms in total. The fourth-order valence-corrected chi connectivity index (χ4v) is 4.32. The number of hydrogen-bond donors (Lipinski definition) is 1. The third kappa shape index (κ3) is 4.32. The highest BCUT2D eigenvalue weighted by Gasteiger charge is 2.22. The quantitative estimate of drug-likeness (QED) is 0.363. The predicted octanol–water partition coefficient (Wildman–Crippen LogP) is 5.66. The van der Waals surface area contributed by atoms with Crippen LogP contribution in [-0.4, -0.2) is 27.0 Å². The molecule has 0 unspecified atom stereocenters. The maximum Gasteiger partial charge on any atom is 0.253 e. The Kier molecular flexibility index (Phi) is 6.32. The fourth-order valence-electron chi connectivity index (χ4n) is 3.51. The van der Waals surface area contributed by atoms with Crippen molar-refractivity contribution in [3.05, 3.63) is 65.1 Å². The van der Waals surface area contributed by atoms with Crippen LogP contribution in [0.4, 0.5) is 0 Å². The van der Waals surface area contributed by atoms with Crippen molar-refractivity contribution in [1.82, 2.24) is 19.9 Å². The van der Waals surface area contributed by atoms with Crippen LogP contribution in [0.2, 0.25) is 0 Å². The van der Waals surface area contributed by atoms with Gasteiger partial charge in [-0.15, -0.1) is 11.3 Å². The van der Waals surface area contributed by atoms with E-state index in [9.17, 15) is 4.79 Å². The lowest BCUT2D eigenvalue weighted by Gasteiger charge is -2.08. The minimum atomic E-state index is -0.0744. The molecule has 1 amide bonds. The molecule has 0 aliphatic carbocycles. The number of nitrogens with zero attached hydrogens (tertiary/aromatic N) is 3. The number of hydrogen-bond acceptors (Lipinski definition) is 5. The summed E-state index contributed by atoms with van der Waals surface area (Å²) in [6.45, 7) is 6.80. The normalized spacial score (nSPS) is 11.1. The van der Waals surface area contributed by atoms with E-state index in [1.54, 1.807) is 17.6 Å². The molecule has 0 spiro atoms. The van der Waals surface area contributed by atoms with E-state index >= 15 is 0 Å². The number of unbranched alkanes of at least 4 members (excludes halogenated alkanes) is 1. The molecule has 7 heteroatoms. The summed E-state index contributed by atoms with van der Waals surface area (Å²) < 4.78 is 7.63. The molecule has 0 saturated carbocycles. The van der Waals surface area contributed by atoms with Gasteiger partial charge < -0.3 is 9.73 Å². The van der Waals surface area contributed by atoms with E-state index in [2.05, 4.69) is 30.2 Å². The van der Waals surface area contributed by atoms with Crippen LogP contribution in [-0.2, 0) is 6.42 Å². The molecule has 0 aromatic carbocycles. The number of amides is 1. The highest BCUT2D eigenvalue weighted by molar-refractivity contribution is 7.13. The summed E-state index contributed by atoms with van der Waals surface area (Å²) in [5.41, 5.74) is 5.19. The first-order valence-electron chi connectivity index (χ1n) is 10.6. The number of aryl methyl sites for hydroxylation is 1. The molecule has 4 aromatic rings. The van der Waals surface area contributed by atoms with Gasteiger partial charge in [-0.1, -0.05) is 20.3 Å². The van der Waals surface area contributed by atoms with Crippen LogP contribution in [0.1, 0.15) is 48.4 Å². The number of rotatable bonds is 8. The highest BCUT2D eigenvalue weighted by Crippen LogP contribution is 2.33. The van der Waals surface area contributed by atoms with Crippen molar-refractivity contribution in [3.8, 4) is 27.8 Å². The smallest absolute Gasteiger partial charge is 0.253 e. The minimum Gasteiger partial charge on any atom is -0.448 e. The summed E-state index contributed by atoms with van der Waals surface area (Å²) >= 11 is 1.58. The maximum atomic E-state index is 12.8. The standard InChI is InChI=1S/C24H26N4O2S/c1-4-6-10-26-23(29)19-14-21(28(16(19)3)22-8-7-12-30-22)20-15-31-24(27-20)17-9-11-25-18(5-2)13-17/h7-9,11-15H,4-6,10H2,1-3H3,(H,26,29). The molecule has 0 radical (unpaired) electrons. The summed E-state index contributed by atoms with van der Waals surface area (Å²) in [4.78, 5) is 22.1. The van der Waals surface area contributed by atoms with Crippen molar-refractivity contribution in [1.29, 1.82) is 0 Å². The number of thiazole rings is 1. The molecule has 0 atom stereocenters. The van der Waals surface area contributed by atoms with Gasteiger partial charge in [0.2, 0.25) is 5.88 Å². The van der Waals surface area contributed by atoms with Crippen molar-refractivity contribution >= 4 is 17.2 Å². The molecule has 0 saturated heterocycles. The number of aromatic nitrogens is 3. The molecule has 4 aromatic heterocycles. The van der Waals surface area contributed by atoms with E-state index in [1.807, 2.05) is 47.3 Å². The maximum absolute atomic E-state index is 12.8. The van der Waals surface area contributed by atoms with Gasteiger partial charge in [-0.2, -0.15) is 0 Å². The summed E-state index contributed by atoms with van der Waals surface area (Å²) in [6.07, 6.45) is 6.33. The first kappa shape index (κ1) is 21.1. The number of carbonyl (C=O) groups excluding carboxylic acids is 1. The highest BCUT2D eigenvalue weighted by atomic mass is 32.1. The Morgan fingerprint density at radius 2 is 2.13 bits per heavy atom. The van der Waals surface area contributed by atoms with Gasteiger partial charge in [0, 0.05) is 41.1 Å². The molecule has 160 valence electrons. The molecule has 0 fully saturated rings. The zero-order valence-electron chi connectivity index (χ0n) is 18.0. The lowest BCUT2D eigenvalue weighted by Crippen LogP contribution is -2.24. The fraction of sp³-hybridized carbons (Fsp3) is 0.292. The lowest BCUT2D eigenvalue weighted by atomic mass is 10.2. The van der Waals surface area contributed by atoms with Gasteiger partial charge in [0.05, 0.1) is 23.2 Å². The molecule has 31 heavy (non-hydrogen) atoms. The molecule has 1 N–H and O–H groups in total. The van der Waals surface area contributed by atoms with Crippen molar-refractivity contribution in [2.24, 2.45) is 0 Å². The topological polar surface area (TPSA) is 73.0 Å². The van der Waals surface area contributed by atoms with E-state index in [0.717, 1.165) is 52.6 Å². The average molecular weight is 435 g/mol. The predicted molar refractivity (Wildman–Crippen MR) is 124 cm³/mol.